The van der Waals surface area contributed by atoms with E-state index >= 15 is 0 Å². The lowest BCUT2D eigenvalue weighted by atomic mass is 10.3. The molecule has 5 heteroatoms. The zero-order valence-electron chi connectivity index (χ0n) is 14.9. The van der Waals surface area contributed by atoms with Gasteiger partial charge in [0.1, 0.15) is 0 Å². The third kappa shape index (κ3) is 6.36. The van der Waals surface area contributed by atoms with Crippen LogP contribution in [0.5, 0.6) is 0 Å². The molecule has 20 heavy (non-hydrogen) atoms. The molecule has 0 saturated carbocycles. The Hall–Kier alpha value is 0.270. The van der Waals surface area contributed by atoms with Crippen LogP contribution in [0.15, 0.2) is 0 Å². The molecule has 0 fully saturated rings. The lowest BCUT2D eigenvalue weighted by molar-refractivity contribution is 0.182. The van der Waals surface area contributed by atoms with Crippen LogP contribution in [-0.2, 0) is 4.52 Å². The summed E-state index contributed by atoms with van der Waals surface area (Å²) in [5.74, 6) is 0. The van der Waals surface area contributed by atoms with Crippen molar-refractivity contribution < 1.29 is 4.52 Å². The van der Waals surface area contributed by atoms with Crippen molar-refractivity contribution >= 4 is 8.45 Å². The van der Waals surface area contributed by atoms with Gasteiger partial charge in [-0.05, 0) is 62.3 Å². The summed E-state index contributed by atoms with van der Waals surface area (Å²) in [6, 6.07) is 1.88. The highest BCUT2D eigenvalue weighted by Gasteiger charge is 2.34. The molecule has 0 aliphatic heterocycles. The third-order valence-corrected chi connectivity index (χ3v) is 5.98. The lowest BCUT2D eigenvalue weighted by Crippen LogP contribution is -2.44. The smallest absolute Gasteiger partial charge is 0.188 e. The molecule has 0 aromatic carbocycles. The Bertz CT molecular complexity index is 222. The van der Waals surface area contributed by atoms with Crippen molar-refractivity contribution in [3.8, 4) is 0 Å². The van der Waals surface area contributed by atoms with Crippen LogP contribution in [0.25, 0.3) is 0 Å². The topological polar surface area (TPSA) is 41.7 Å². The summed E-state index contributed by atoms with van der Waals surface area (Å²) in [4.78, 5) is 0. The summed E-state index contributed by atoms with van der Waals surface area (Å²) >= 11 is 0. The van der Waals surface area contributed by atoms with Crippen LogP contribution in [0.3, 0.4) is 0 Å². The number of hydrogen-bond donors (Lipinski definition) is 1. The fraction of sp³-hybridized carbons (Fsp3) is 1.00. The molecule has 0 aromatic heterocycles. The minimum Gasteiger partial charge on any atom is -0.330 e. The minimum atomic E-state index is -0.791. The molecule has 0 bridgehead atoms. The van der Waals surface area contributed by atoms with Crippen molar-refractivity contribution in [1.82, 2.24) is 9.34 Å². The summed E-state index contributed by atoms with van der Waals surface area (Å²) in [5.41, 5.74) is 5.89. The summed E-state index contributed by atoms with van der Waals surface area (Å²) in [6.45, 7) is 20.5. The van der Waals surface area contributed by atoms with Gasteiger partial charge in [0.2, 0.25) is 0 Å². The molecule has 0 rings (SSSR count). The van der Waals surface area contributed by atoms with E-state index in [0.717, 1.165) is 0 Å². The Balaban J connectivity index is 5.30. The second-order valence-corrected chi connectivity index (χ2v) is 8.35. The summed E-state index contributed by atoms with van der Waals surface area (Å²) in [5, 5.41) is 0. The van der Waals surface area contributed by atoms with E-state index in [4.69, 9.17) is 10.3 Å². The molecule has 0 amide bonds. The lowest BCUT2D eigenvalue weighted by Gasteiger charge is -2.45. The van der Waals surface area contributed by atoms with Crippen LogP contribution in [0.4, 0.5) is 0 Å². The van der Waals surface area contributed by atoms with Gasteiger partial charge in [0.15, 0.2) is 8.45 Å². The van der Waals surface area contributed by atoms with Crippen LogP contribution < -0.4 is 5.73 Å². The van der Waals surface area contributed by atoms with Gasteiger partial charge in [0.25, 0.3) is 0 Å². The Morgan fingerprint density at radius 1 is 0.750 bits per heavy atom. The first-order chi connectivity index (χ1) is 9.09. The molecule has 0 aliphatic rings. The standard InChI is InChI=1S/C15H36N3OP/c1-11(2)17(12(3)4)20(19-10-15(9)16)18(13(5)6)14(7)8/h11-15H,10,16H2,1-9H3. The van der Waals surface area contributed by atoms with Gasteiger partial charge >= 0.3 is 0 Å². The molecule has 0 spiro atoms. The van der Waals surface area contributed by atoms with E-state index < -0.39 is 8.45 Å². The molecular formula is C15H36N3OP. The number of nitrogens with zero attached hydrogens (tertiary/aromatic N) is 2. The first-order valence-corrected chi connectivity index (χ1v) is 9.01. The highest BCUT2D eigenvalue weighted by molar-refractivity contribution is 7.47. The van der Waals surface area contributed by atoms with Crippen LogP contribution >= 0.6 is 8.45 Å². The van der Waals surface area contributed by atoms with Crippen molar-refractivity contribution in [1.29, 1.82) is 0 Å². The molecular weight excluding hydrogens is 269 g/mol. The molecule has 2 N–H and O–H groups in total. The van der Waals surface area contributed by atoms with E-state index in [9.17, 15) is 0 Å². The quantitative estimate of drug-likeness (QED) is 0.658. The summed E-state index contributed by atoms with van der Waals surface area (Å²) in [6.07, 6.45) is 0. The zero-order chi connectivity index (χ0) is 16.0. The predicted octanol–water partition coefficient (Wildman–Crippen LogP) is 3.81. The van der Waals surface area contributed by atoms with Gasteiger partial charge in [-0.3, -0.25) is 0 Å². The average Bonchev–Trinajstić information content (AvgIpc) is 2.23. The molecule has 122 valence electrons. The normalized spacial score (nSPS) is 14.8. The van der Waals surface area contributed by atoms with E-state index in [1.807, 2.05) is 6.92 Å². The van der Waals surface area contributed by atoms with Gasteiger partial charge in [-0.15, -0.1) is 0 Å². The van der Waals surface area contributed by atoms with Crippen LogP contribution in [0.2, 0.25) is 0 Å². The summed E-state index contributed by atoms with van der Waals surface area (Å²) < 4.78 is 11.2. The highest BCUT2D eigenvalue weighted by Crippen LogP contribution is 2.50. The maximum Gasteiger partial charge on any atom is 0.188 e. The predicted molar refractivity (Wildman–Crippen MR) is 90.7 cm³/mol. The van der Waals surface area contributed by atoms with Gasteiger partial charge in [-0.1, -0.05) is 0 Å². The molecule has 1 atom stereocenters. The van der Waals surface area contributed by atoms with Crippen molar-refractivity contribution in [3.05, 3.63) is 0 Å². The van der Waals surface area contributed by atoms with Crippen LogP contribution in [-0.4, -0.2) is 46.2 Å². The van der Waals surface area contributed by atoms with E-state index in [0.29, 0.717) is 30.8 Å². The van der Waals surface area contributed by atoms with Gasteiger partial charge in [0.05, 0.1) is 6.61 Å². The highest BCUT2D eigenvalue weighted by atomic mass is 31.2. The Morgan fingerprint density at radius 2 is 1.05 bits per heavy atom. The Morgan fingerprint density at radius 3 is 1.25 bits per heavy atom. The Kier molecular flexibility index (Phi) is 9.45. The average molecular weight is 305 g/mol. The number of hydrogen-bond acceptors (Lipinski definition) is 4. The summed E-state index contributed by atoms with van der Waals surface area (Å²) in [7, 11) is -0.791. The molecule has 0 radical (unpaired) electrons. The molecule has 0 aliphatic carbocycles. The van der Waals surface area contributed by atoms with Gasteiger partial charge < -0.3 is 10.3 Å². The maximum absolute atomic E-state index is 6.26. The van der Waals surface area contributed by atoms with Gasteiger partial charge in [-0.25, -0.2) is 9.34 Å². The van der Waals surface area contributed by atoms with E-state index in [-0.39, 0.29) is 6.04 Å². The number of nitrogens with two attached hydrogens (primary N) is 1. The maximum atomic E-state index is 6.26. The van der Waals surface area contributed by atoms with Gasteiger partial charge in [0, 0.05) is 30.2 Å². The zero-order valence-corrected chi connectivity index (χ0v) is 15.8. The monoisotopic (exact) mass is 305 g/mol. The van der Waals surface area contributed by atoms with Crippen molar-refractivity contribution in [3.63, 3.8) is 0 Å². The molecule has 1 unspecified atom stereocenters. The van der Waals surface area contributed by atoms with Crippen molar-refractivity contribution in [2.45, 2.75) is 92.5 Å². The Labute approximate surface area is 128 Å². The first-order valence-electron chi connectivity index (χ1n) is 7.84. The van der Waals surface area contributed by atoms with E-state index in [2.05, 4.69) is 64.7 Å². The molecule has 0 saturated heterocycles. The minimum absolute atomic E-state index is 0.0716. The molecule has 0 heterocycles. The molecule has 0 aromatic rings. The van der Waals surface area contributed by atoms with Crippen LogP contribution in [0.1, 0.15) is 62.3 Å². The number of rotatable bonds is 9. The van der Waals surface area contributed by atoms with Gasteiger partial charge in [-0.2, -0.15) is 0 Å². The first kappa shape index (κ1) is 20.3. The third-order valence-electron chi connectivity index (χ3n) is 2.96. The SMILES string of the molecule is CC(N)COP(N(C(C)C)C(C)C)N(C(C)C)C(C)C. The van der Waals surface area contributed by atoms with Crippen molar-refractivity contribution in [2.75, 3.05) is 6.61 Å². The fourth-order valence-electron chi connectivity index (χ4n) is 2.42. The van der Waals surface area contributed by atoms with Crippen LogP contribution in [0, 0.1) is 0 Å². The van der Waals surface area contributed by atoms with Crippen molar-refractivity contribution in [2.24, 2.45) is 5.73 Å². The van der Waals surface area contributed by atoms with E-state index in [1.54, 1.807) is 0 Å². The second kappa shape index (κ2) is 9.32. The van der Waals surface area contributed by atoms with E-state index in [1.165, 1.54) is 0 Å². The fourth-order valence-corrected chi connectivity index (χ4v) is 4.87. The molecule has 4 nitrogen and oxygen atoms in total. The second-order valence-electron chi connectivity index (χ2n) is 6.66. The largest absolute Gasteiger partial charge is 0.330 e.